The third kappa shape index (κ3) is 3.11. The van der Waals surface area contributed by atoms with Gasteiger partial charge in [-0.3, -0.25) is 9.69 Å². The normalized spacial score (nSPS) is 17.8. The van der Waals surface area contributed by atoms with Crippen LogP contribution in [-0.4, -0.2) is 52.0 Å². The Morgan fingerprint density at radius 3 is 2.88 bits per heavy atom. The summed E-state index contributed by atoms with van der Waals surface area (Å²) < 4.78 is 5.18. The highest BCUT2D eigenvalue weighted by atomic mass is 32.2. The van der Waals surface area contributed by atoms with Crippen LogP contribution in [0.25, 0.3) is 0 Å². The first-order valence-electron chi connectivity index (χ1n) is 4.67. The van der Waals surface area contributed by atoms with Crippen LogP contribution in [0.1, 0.15) is 6.42 Å². The minimum Gasteiger partial charge on any atom is -0.467 e. The number of rotatable bonds is 5. The SMILES string of the molecule is COC(=O)C(CCSC)N1C(=O)CSC1=S. The second kappa shape index (κ2) is 6.46. The van der Waals surface area contributed by atoms with Gasteiger partial charge in [-0.1, -0.05) is 24.0 Å². The van der Waals surface area contributed by atoms with Crippen molar-refractivity contribution in [2.75, 3.05) is 24.9 Å². The number of carbonyl (C=O) groups excluding carboxylic acids is 2. The monoisotopic (exact) mass is 279 g/mol. The van der Waals surface area contributed by atoms with Gasteiger partial charge in [0.2, 0.25) is 5.91 Å². The summed E-state index contributed by atoms with van der Waals surface area (Å²) in [6, 6.07) is -0.563. The molecule has 7 heteroatoms. The fraction of sp³-hybridized carbons (Fsp3) is 0.667. The summed E-state index contributed by atoms with van der Waals surface area (Å²) >= 11 is 7.98. The van der Waals surface area contributed by atoms with E-state index < -0.39 is 12.0 Å². The quantitative estimate of drug-likeness (QED) is 0.555. The highest BCUT2D eigenvalue weighted by Crippen LogP contribution is 2.24. The molecule has 1 unspecified atom stereocenters. The first kappa shape index (κ1) is 13.8. The van der Waals surface area contributed by atoms with Crippen LogP contribution in [0, 0.1) is 0 Å². The molecule has 0 aromatic rings. The van der Waals surface area contributed by atoms with Gasteiger partial charge in [-0.15, -0.1) is 0 Å². The minimum absolute atomic E-state index is 0.105. The molecule has 1 rings (SSSR count). The van der Waals surface area contributed by atoms with Gasteiger partial charge in [-0.25, -0.2) is 4.79 Å². The molecule has 1 amide bonds. The first-order chi connectivity index (χ1) is 7.61. The van der Waals surface area contributed by atoms with E-state index in [4.69, 9.17) is 17.0 Å². The molecule has 1 aliphatic rings. The molecule has 90 valence electrons. The molecule has 0 aromatic heterocycles. The Balaban J connectivity index is 2.78. The summed E-state index contributed by atoms with van der Waals surface area (Å²) in [5.41, 5.74) is 0. The van der Waals surface area contributed by atoms with E-state index in [2.05, 4.69) is 0 Å². The summed E-state index contributed by atoms with van der Waals surface area (Å²) in [6.07, 6.45) is 2.52. The van der Waals surface area contributed by atoms with Crippen molar-refractivity contribution in [1.29, 1.82) is 0 Å². The number of esters is 1. The summed E-state index contributed by atoms with van der Waals surface area (Å²) in [5, 5.41) is 0. The van der Waals surface area contributed by atoms with E-state index in [-0.39, 0.29) is 5.91 Å². The lowest BCUT2D eigenvalue weighted by atomic mass is 10.2. The molecule has 0 radical (unpaired) electrons. The van der Waals surface area contributed by atoms with Crippen LogP contribution >= 0.6 is 35.7 Å². The van der Waals surface area contributed by atoms with Gasteiger partial charge >= 0.3 is 5.97 Å². The predicted octanol–water partition coefficient (Wildman–Crippen LogP) is 1.14. The number of thiocarbonyl (C=S) groups is 1. The summed E-state index contributed by atoms with van der Waals surface area (Å²) in [4.78, 5) is 24.6. The Bertz CT molecular complexity index is 292. The number of ether oxygens (including phenoxy) is 1. The molecule has 0 saturated carbocycles. The summed E-state index contributed by atoms with van der Waals surface area (Å²) in [5.74, 6) is 0.612. The number of amides is 1. The minimum atomic E-state index is -0.563. The van der Waals surface area contributed by atoms with Gasteiger partial charge in [0.25, 0.3) is 0 Å². The maximum absolute atomic E-state index is 11.6. The van der Waals surface area contributed by atoms with Crippen molar-refractivity contribution in [2.45, 2.75) is 12.5 Å². The van der Waals surface area contributed by atoms with Gasteiger partial charge < -0.3 is 4.74 Å². The zero-order chi connectivity index (χ0) is 12.1. The number of nitrogens with zero attached hydrogens (tertiary/aromatic N) is 1. The topological polar surface area (TPSA) is 46.6 Å². The highest BCUT2D eigenvalue weighted by molar-refractivity contribution is 8.24. The maximum atomic E-state index is 11.6. The van der Waals surface area contributed by atoms with Crippen molar-refractivity contribution in [3.8, 4) is 0 Å². The van der Waals surface area contributed by atoms with Crippen molar-refractivity contribution >= 4 is 51.9 Å². The molecular formula is C9H13NO3S3. The van der Waals surface area contributed by atoms with Crippen LogP contribution in [0.4, 0.5) is 0 Å². The standard InChI is InChI=1S/C9H13NO3S3/c1-13-8(12)6(3-4-15-2)10-7(11)5-16-9(10)14/h6H,3-5H2,1-2H3. The number of hydrogen-bond donors (Lipinski definition) is 0. The van der Waals surface area contributed by atoms with Gasteiger partial charge in [0.15, 0.2) is 0 Å². The predicted molar refractivity (Wildman–Crippen MR) is 70.7 cm³/mol. The van der Waals surface area contributed by atoms with Gasteiger partial charge in [-0.05, 0) is 18.4 Å². The molecule has 1 fully saturated rings. The Hall–Kier alpha value is -0.270. The summed E-state index contributed by atoms with van der Waals surface area (Å²) in [6.45, 7) is 0. The Labute approximate surface area is 108 Å². The lowest BCUT2D eigenvalue weighted by Crippen LogP contribution is -2.45. The van der Waals surface area contributed by atoms with Crippen LogP contribution in [-0.2, 0) is 14.3 Å². The van der Waals surface area contributed by atoms with E-state index in [0.717, 1.165) is 5.75 Å². The number of hydrogen-bond acceptors (Lipinski definition) is 6. The molecule has 0 aromatic carbocycles. The first-order valence-corrected chi connectivity index (χ1v) is 7.46. The van der Waals surface area contributed by atoms with Gasteiger partial charge in [0.05, 0.1) is 12.9 Å². The Kier molecular flexibility index (Phi) is 5.57. The molecule has 1 saturated heterocycles. The number of carbonyl (C=O) groups is 2. The third-order valence-electron chi connectivity index (χ3n) is 2.16. The number of methoxy groups -OCH3 is 1. The van der Waals surface area contributed by atoms with Gasteiger partial charge in [0, 0.05) is 0 Å². The average Bonchev–Trinajstić information content (AvgIpc) is 2.60. The van der Waals surface area contributed by atoms with Gasteiger partial charge in [-0.2, -0.15) is 11.8 Å². The van der Waals surface area contributed by atoms with Crippen LogP contribution in [0.2, 0.25) is 0 Å². The molecule has 0 spiro atoms. The second-order valence-corrected chi connectivity index (χ2v) is 5.73. The fourth-order valence-corrected chi connectivity index (χ4v) is 3.00. The van der Waals surface area contributed by atoms with Crippen LogP contribution < -0.4 is 0 Å². The van der Waals surface area contributed by atoms with Crippen LogP contribution in [0.5, 0.6) is 0 Å². The largest absolute Gasteiger partial charge is 0.467 e. The van der Waals surface area contributed by atoms with E-state index in [9.17, 15) is 9.59 Å². The van der Waals surface area contributed by atoms with E-state index in [1.165, 1.54) is 23.8 Å². The molecular weight excluding hydrogens is 266 g/mol. The van der Waals surface area contributed by atoms with Crippen molar-refractivity contribution < 1.29 is 14.3 Å². The molecule has 1 heterocycles. The van der Waals surface area contributed by atoms with E-state index in [0.29, 0.717) is 16.5 Å². The van der Waals surface area contributed by atoms with Crippen LogP contribution in [0.3, 0.4) is 0 Å². The molecule has 16 heavy (non-hydrogen) atoms. The highest BCUT2D eigenvalue weighted by Gasteiger charge is 2.37. The smallest absolute Gasteiger partial charge is 0.329 e. The van der Waals surface area contributed by atoms with E-state index >= 15 is 0 Å². The average molecular weight is 279 g/mol. The fourth-order valence-electron chi connectivity index (χ4n) is 1.38. The Morgan fingerprint density at radius 1 is 1.75 bits per heavy atom. The van der Waals surface area contributed by atoms with Crippen molar-refractivity contribution in [3.05, 3.63) is 0 Å². The lowest BCUT2D eigenvalue weighted by molar-refractivity contribution is -0.148. The molecule has 1 aliphatic heterocycles. The molecule has 1 atom stereocenters. The number of thioether (sulfide) groups is 2. The maximum Gasteiger partial charge on any atom is 0.329 e. The zero-order valence-electron chi connectivity index (χ0n) is 9.10. The summed E-state index contributed by atoms with van der Waals surface area (Å²) in [7, 11) is 1.32. The zero-order valence-corrected chi connectivity index (χ0v) is 11.5. The van der Waals surface area contributed by atoms with Crippen molar-refractivity contribution in [3.63, 3.8) is 0 Å². The van der Waals surface area contributed by atoms with E-state index in [1.807, 2.05) is 6.26 Å². The van der Waals surface area contributed by atoms with Gasteiger partial charge in [0.1, 0.15) is 10.4 Å². The molecule has 4 nitrogen and oxygen atoms in total. The molecule has 0 aliphatic carbocycles. The lowest BCUT2D eigenvalue weighted by Gasteiger charge is -2.24. The second-order valence-electron chi connectivity index (χ2n) is 3.14. The molecule has 0 bridgehead atoms. The molecule has 0 N–H and O–H groups in total. The van der Waals surface area contributed by atoms with E-state index in [1.54, 1.807) is 11.8 Å². The van der Waals surface area contributed by atoms with Crippen molar-refractivity contribution in [1.82, 2.24) is 4.90 Å². The third-order valence-corrected chi connectivity index (χ3v) is 4.19. The Morgan fingerprint density at radius 2 is 2.44 bits per heavy atom. The van der Waals surface area contributed by atoms with Crippen molar-refractivity contribution in [2.24, 2.45) is 0 Å². The van der Waals surface area contributed by atoms with Crippen LogP contribution in [0.15, 0.2) is 0 Å².